The van der Waals surface area contributed by atoms with E-state index in [0.29, 0.717) is 0 Å². The largest absolute Gasteiger partial charge is 0.375 e. The van der Waals surface area contributed by atoms with Gasteiger partial charge in [0.2, 0.25) is 0 Å². The molecule has 16 heavy (non-hydrogen) atoms. The van der Waals surface area contributed by atoms with Gasteiger partial charge in [0, 0.05) is 12.5 Å². The molecule has 1 aliphatic heterocycles. The Kier molecular flexibility index (Phi) is 3.10. The summed E-state index contributed by atoms with van der Waals surface area (Å²) in [6.07, 6.45) is 6.48. The van der Waals surface area contributed by atoms with Crippen molar-refractivity contribution in [1.29, 1.82) is 0 Å². The minimum atomic E-state index is -0.693. The molecule has 1 saturated carbocycles. The van der Waals surface area contributed by atoms with Crippen molar-refractivity contribution in [1.82, 2.24) is 0 Å². The van der Waals surface area contributed by atoms with Crippen LogP contribution < -0.4 is 5.73 Å². The van der Waals surface area contributed by atoms with Crippen LogP contribution in [0.4, 0.5) is 0 Å². The predicted molar refractivity (Wildman–Crippen MR) is 63.1 cm³/mol. The molecule has 1 aliphatic carbocycles. The zero-order chi connectivity index (χ0) is 11.8. The van der Waals surface area contributed by atoms with Gasteiger partial charge in [-0.15, -0.1) is 0 Å². The summed E-state index contributed by atoms with van der Waals surface area (Å²) in [4.78, 5) is 12.2. The van der Waals surface area contributed by atoms with E-state index in [9.17, 15) is 4.79 Å². The number of Topliss-reactive ketones (excluding diaryl/α,β-unsaturated/α-hetero) is 1. The lowest BCUT2D eigenvalue weighted by Gasteiger charge is -2.39. The van der Waals surface area contributed by atoms with E-state index in [-0.39, 0.29) is 17.3 Å². The van der Waals surface area contributed by atoms with Gasteiger partial charge >= 0.3 is 0 Å². The molecule has 0 aromatic heterocycles. The fraction of sp³-hybridized carbons (Fsp3) is 0.923. The van der Waals surface area contributed by atoms with E-state index in [0.717, 1.165) is 32.3 Å². The number of hydrogen-bond donors (Lipinski definition) is 1. The van der Waals surface area contributed by atoms with E-state index in [2.05, 4.69) is 0 Å². The van der Waals surface area contributed by atoms with Gasteiger partial charge < -0.3 is 10.5 Å². The third kappa shape index (κ3) is 2.30. The van der Waals surface area contributed by atoms with Gasteiger partial charge in [0.15, 0.2) is 5.78 Å². The molecule has 3 nitrogen and oxygen atoms in total. The van der Waals surface area contributed by atoms with Gasteiger partial charge in [-0.05, 0) is 39.5 Å². The normalized spacial score (nSPS) is 29.6. The molecule has 0 aromatic rings. The van der Waals surface area contributed by atoms with Crippen LogP contribution in [-0.4, -0.2) is 23.5 Å². The van der Waals surface area contributed by atoms with Crippen LogP contribution in [0.3, 0.4) is 0 Å². The van der Waals surface area contributed by atoms with Gasteiger partial charge in [-0.3, -0.25) is 4.79 Å². The summed E-state index contributed by atoms with van der Waals surface area (Å²) in [6.45, 7) is 4.35. The molecule has 3 heteroatoms. The number of nitrogens with two attached hydrogens (primary N) is 1. The van der Waals surface area contributed by atoms with Gasteiger partial charge in [-0.1, -0.05) is 12.8 Å². The molecule has 0 amide bonds. The molecule has 0 bridgehead atoms. The van der Waals surface area contributed by atoms with Gasteiger partial charge in [0.1, 0.15) is 0 Å². The minimum Gasteiger partial charge on any atom is -0.375 e. The van der Waals surface area contributed by atoms with Gasteiger partial charge in [0.25, 0.3) is 0 Å². The number of hydrogen-bond acceptors (Lipinski definition) is 3. The second-order valence-electron chi connectivity index (χ2n) is 6.01. The van der Waals surface area contributed by atoms with E-state index >= 15 is 0 Å². The summed E-state index contributed by atoms with van der Waals surface area (Å²) in [7, 11) is 0. The Morgan fingerprint density at radius 1 is 1.38 bits per heavy atom. The summed E-state index contributed by atoms with van der Waals surface area (Å²) in [5.74, 6) is 0.328. The van der Waals surface area contributed by atoms with Gasteiger partial charge in [-0.2, -0.15) is 0 Å². The SMILES string of the molecule is CC(C)(N)C(=O)C1CCOC2(CCCC2)C1. The number of ether oxygens (including phenoxy) is 1. The Balaban J connectivity index is 2.04. The smallest absolute Gasteiger partial charge is 0.155 e. The Morgan fingerprint density at radius 3 is 2.56 bits per heavy atom. The molecule has 1 spiro atoms. The maximum atomic E-state index is 12.2. The van der Waals surface area contributed by atoms with Crippen molar-refractivity contribution in [2.24, 2.45) is 11.7 Å². The first-order valence-corrected chi connectivity index (χ1v) is 6.40. The highest BCUT2D eigenvalue weighted by Gasteiger charge is 2.43. The van der Waals surface area contributed by atoms with E-state index in [1.54, 1.807) is 0 Å². The lowest BCUT2D eigenvalue weighted by molar-refractivity contribution is -0.140. The van der Waals surface area contributed by atoms with E-state index in [1.807, 2.05) is 13.8 Å². The molecule has 1 atom stereocenters. The standard InChI is InChI=1S/C13H23NO2/c1-12(2,14)11(15)10-5-8-16-13(9-10)6-3-4-7-13/h10H,3-9,14H2,1-2H3. The van der Waals surface area contributed by atoms with Crippen molar-refractivity contribution in [2.45, 2.75) is 63.5 Å². The first kappa shape index (κ1) is 12.1. The third-order valence-electron chi connectivity index (χ3n) is 4.01. The molecule has 92 valence electrons. The molecule has 1 heterocycles. The maximum absolute atomic E-state index is 12.2. The first-order valence-electron chi connectivity index (χ1n) is 6.40. The average molecular weight is 225 g/mol. The quantitative estimate of drug-likeness (QED) is 0.782. The lowest BCUT2D eigenvalue weighted by atomic mass is 9.78. The van der Waals surface area contributed by atoms with Gasteiger partial charge in [-0.25, -0.2) is 0 Å². The predicted octanol–water partition coefficient (Wildman–Crippen LogP) is 2.03. The van der Waals surface area contributed by atoms with Crippen LogP contribution in [-0.2, 0) is 9.53 Å². The highest BCUT2D eigenvalue weighted by atomic mass is 16.5. The third-order valence-corrected chi connectivity index (χ3v) is 4.01. The summed E-state index contributed by atoms with van der Waals surface area (Å²) in [6, 6.07) is 0. The van der Waals surface area contributed by atoms with Gasteiger partial charge in [0.05, 0.1) is 11.1 Å². The summed E-state index contributed by atoms with van der Waals surface area (Å²) in [5, 5.41) is 0. The van der Waals surface area contributed by atoms with Crippen LogP contribution in [0.15, 0.2) is 0 Å². The lowest BCUT2D eigenvalue weighted by Crippen LogP contribution is -2.49. The molecule has 0 radical (unpaired) electrons. The van der Waals surface area contributed by atoms with Crippen LogP contribution in [0.2, 0.25) is 0 Å². The average Bonchev–Trinajstić information content (AvgIpc) is 2.64. The van der Waals surface area contributed by atoms with Crippen molar-refractivity contribution in [3.63, 3.8) is 0 Å². The van der Waals surface area contributed by atoms with Crippen LogP contribution in [0, 0.1) is 5.92 Å². The fourth-order valence-corrected chi connectivity index (χ4v) is 3.15. The van der Waals surface area contributed by atoms with Crippen molar-refractivity contribution < 1.29 is 9.53 Å². The molecular formula is C13H23NO2. The Labute approximate surface area is 97.7 Å². The van der Waals surface area contributed by atoms with Crippen LogP contribution >= 0.6 is 0 Å². The number of ketones is 1. The first-order chi connectivity index (χ1) is 7.43. The van der Waals surface area contributed by atoms with Crippen molar-refractivity contribution in [2.75, 3.05) is 6.61 Å². The van der Waals surface area contributed by atoms with Crippen LogP contribution in [0.25, 0.3) is 0 Å². The number of carbonyl (C=O) groups excluding carboxylic acids is 1. The van der Waals surface area contributed by atoms with Crippen molar-refractivity contribution in [3.8, 4) is 0 Å². The van der Waals surface area contributed by atoms with Crippen LogP contribution in [0.1, 0.15) is 52.4 Å². The molecule has 2 rings (SSSR count). The highest BCUT2D eigenvalue weighted by Crippen LogP contribution is 2.42. The molecule has 0 aromatic carbocycles. The number of rotatable bonds is 2. The Hall–Kier alpha value is -0.410. The maximum Gasteiger partial charge on any atom is 0.155 e. The Morgan fingerprint density at radius 2 is 2.00 bits per heavy atom. The molecule has 2 fully saturated rings. The molecule has 1 unspecified atom stereocenters. The second kappa shape index (κ2) is 4.11. The zero-order valence-corrected chi connectivity index (χ0v) is 10.4. The minimum absolute atomic E-state index is 0.0177. The fourth-order valence-electron chi connectivity index (χ4n) is 3.15. The monoisotopic (exact) mass is 225 g/mol. The van der Waals surface area contributed by atoms with E-state index in [1.165, 1.54) is 12.8 Å². The van der Waals surface area contributed by atoms with Crippen molar-refractivity contribution in [3.05, 3.63) is 0 Å². The zero-order valence-electron chi connectivity index (χ0n) is 10.4. The Bertz CT molecular complexity index is 274. The number of carbonyl (C=O) groups is 1. The van der Waals surface area contributed by atoms with Crippen molar-refractivity contribution >= 4 is 5.78 Å². The van der Waals surface area contributed by atoms with E-state index < -0.39 is 5.54 Å². The van der Waals surface area contributed by atoms with Crippen LogP contribution in [0.5, 0.6) is 0 Å². The second-order valence-corrected chi connectivity index (χ2v) is 6.01. The summed E-state index contributed by atoms with van der Waals surface area (Å²) >= 11 is 0. The highest BCUT2D eigenvalue weighted by molar-refractivity contribution is 5.89. The topological polar surface area (TPSA) is 52.3 Å². The molecular weight excluding hydrogens is 202 g/mol. The molecule has 1 saturated heterocycles. The molecule has 2 aliphatic rings. The summed E-state index contributed by atoms with van der Waals surface area (Å²) < 4.78 is 5.93. The summed E-state index contributed by atoms with van der Waals surface area (Å²) in [5.41, 5.74) is 5.23. The molecule has 2 N–H and O–H groups in total. The van der Waals surface area contributed by atoms with E-state index in [4.69, 9.17) is 10.5 Å².